The molecule has 0 aliphatic carbocycles. The number of rotatable bonds is 10. The van der Waals surface area contributed by atoms with Crippen molar-refractivity contribution in [2.24, 2.45) is 5.10 Å². The van der Waals surface area contributed by atoms with Crippen LogP contribution in [0, 0.1) is 0 Å². The lowest BCUT2D eigenvalue weighted by atomic mass is 10.1. The van der Waals surface area contributed by atoms with E-state index in [0.29, 0.717) is 18.4 Å². The average molecular weight is 700 g/mol. The third kappa shape index (κ3) is 9.88. The van der Waals surface area contributed by atoms with Crippen LogP contribution in [0.5, 0.6) is 0 Å². The molecule has 1 aliphatic heterocycles. The number of benzene rings is 3. The topological polar surface area (TPSA) is 107 Å². The van der Waals surface area contributed by atoms with E-state index in [1.165, 1.54) is 17.4 Å². The van der Waals surface area contributed by atoms with Gasteiger partial charge in [-0.25, -0.2) is 10.4 Å². The molecule has 1 saturated heterocycles. The lowest BCUT2D eigenvalue weighted by Gasteiger charge is -2.29. The average Bonchev–Trinajstić information content (AvgIpc) is 3.53. The van der Waals surface area contributed by atoms with Crippen LogP contribution in [-0.4, -0.2) is 47.8 Å². The van der Waals surface area contributed by atoms with Crippen LogP contribution >= 0.6 is 22.9 Å². The molecular weight excluding hydrogens is 663 g/mol. The number of aliphatic hydroxyl groups is 1. The fourth-order valence-electron chi connectivity index (χ4n) is 5.10. The van der Waals surface area contributed by atoms with Crippen molar-refractivity contribution < 1.29 is 27.9 Å². The Labute approximate surface area is 286 Å². The Kier molecular flexibility index (Phi) is 13.1. The maximum Gasteiger partial charge on any atom is 0.417 e. The monoisotopic (exact) mass is 699 g/mol. The van der Waals surface area contributed by atoms with Crippen LogP contribution in [-0.2, 0) is 19.0 Å². The number of halogens is 4. The van der Waals surface area contributed by atoms with Gasteiger partial charge in [0.1, 0.15) is 0 Å². The van der Waals surface area contributed by atoms with E-state index in [-0.39, 0.29) is 23.4 Å². The third-order valence-corrected chi connectivity index (χ3v) is 8.63. The number of nitrogens with one attached hydrogen (secondary N) is 2. The number of amides is 2. The van der Waals surface area contributed by atoms with Crippen molar-refractivity contribution in [3.63, 3.8) is 0 Å². The molecule has 13 heteroatoms. The summed E-state index contributed by atoms with van der Waals surface area (Å²) in [7, 11) is 0. The van der Waals surface area contributed by atoms with Crippen LogP contribution in [0.2, 0.25) is 5.02 Å². The molecule has 0 bridgehead atoms. The molecule has 3 aromatic carbocycles. The Morgan fingerprint density at radius 3 is 2.54 bits per heavy atom. The molecule has 4 aromatic rings. The molecule has 0 unspecified atom stereocenters. The summed E-state index contributed by atoms with van der Waals surface area (Å²) in [6.45, 7) is 5.68. The van der Waals surface area contributed by atoms with E-state index in [9.17, 15) is 22.8 Å². The van der Waals surface area contributed by atoms with Gasteiger partial charge in [0.15, 0.2) is 0 Å². The molecule has 0 spiro atoms. The van der Waals surface area contributed by atoms with E-state index in [2.05, 4.69) is 25.7 Å². The molecule has 0 radical (unpaired) electrons. The van der Waals surface area contributed by atoms with Crippen molar-refractivity contribution in [1.29, 1.82) is 0 Å². The van der Waals surface area contributed by atoms with Gasteiger partial charge in [-0.1, -0.05) is 43.6 Å². The molecule has 254 valence electrons. The number of carbonyl (C=O) groups excluding carboxylic acids is 2. The highest BCUT2D eigenvalue weighted by Crippen LogP contribution is 2.35. The summed E-state index contributed by atoms with van der Waals surface area (Å²) in [6, 6.07) is 15.6. The Bertz CT molecular complexity index is 1740. The van der Waals surface area contributed by atoms with Crippen LogP contribution in [0.1, 0.15) is 81.2 Å². The zero-order valence-corrected chi connectivity index (χ0v) is 28.2. The number of alkyl halides is 3. The number of aliphatic hydroxyl groups excluding tert-OH is 1. The Balaban J connectivity index is 0.00000255. The minimum Gasteiger partial charge on any atom is -0.396 e. The highest BCUT2D eigenvalue weighted by atomic mass is 35.5. The van der Waals surface area contributed by atoms with Gasteiger partial charge >= 0.3 is 6.18 Å². The SMILES string of the molecule is CC.O=C(Nc1ccc(N2CCCCC2)cc1C(=O)N/N=C/c1ccc(Cl)c(C(F)(F)F)c1)c1cccc(Cc2nc(CCO)cs2)c1. The fraction of sp³-hybridized carbons (Fsp3) is 0.314. The molecule has 3 N–H and O–H groups in total. The Morgan fingerprint density at radius 1 is 1.04 bits per heavy atom. The summed E-state index contributed by atoms with van der Waals surface area (Å²) < 4.78 is 39.8. The number of hydrogen-bond acceptors (Lipinski definition) is 7. The fourth-order valence-corrected chi connectivity index (χ4v) is 6.18. The van der Waals surface area contributed by atoms with Crippen molar-refractivity contribution in [2.45, 2.75) is 52.1 Å². The summed E-state index contributed by atoms with van der Waals surface area (Å²) in [6.07, 6.45) is 0.616. The maximum absolute atomic E-state index is 13.4. The largest absolute Gasteiger partial charge is 0.417 e. The van der Waals surface area contributed by atoms with Crippen molar-refractivity contribution >= 4 is 52.3 Å². The number of anilines is 2. The molecule has 8 nitrogen and oxygen atoms in total. The van der Waals surface area contributed by atoms with E-state index in [1.54, 1.807) is 30.3 Å². The molecule has 0 saturated carbocycles. The van der Waals surface area contributed by atoms with Crippen LogP contribution in [0.25, 0.3) is 0 Å². The number of hydrogen-bond donors (Lipinski definition) is 3. The maximum atomic E-state index is 13.4. The molecule has 1 fully saturated rings. The summed E-state index contributed by atoms with van der Waals surface area (Å²) in [5.41, 5.74) is 4.75. The number of hydrazone groups is 1. The second-order valence-electron chi connectivity index (χ2n) is 10.8. The van der Waals surface area contributed by atoms with Crippen LogP contribution in [0.3, 0.4) is 0 Å². The Hall–Kier alpha value is -4.26. The first-order valence-corrected chi connectivity index (χ1v) is 16.9. The van der Waals surface area contributed by atoms with E-state index < -0.39 is 28.6 Å². The standard InChI is InChI=1S/C33H31ClF3N5O3S.C2H6/c34-28-9-7-22(16-27(28)33(35,36)37)19-38-41-32(45)26-18-25(42-12-2-1-3-13-42)8-10-29(26)40-31(44)23-6-4-5-21(15-23)17-30-39-24(11-14-43)20-46-30;1-2/h4-10,15-16,18-20,43H,1-3,11-14,17H2,(H,40,44)(H,41,45);1-2H3/b38-19+;. The lowest BCUT2D eigenvalue weighted by Crippen LogP contribution is -2.30. The minimum absolute atomic E-state index is 0.0232. The highest BCUT2D eigenvalue weighted by molar-refractivity contribution is 7.09. The summed E-state index contributed by atoms with van der Waals surface area (Å²) in [5, 5.41) is 18.2. The van der Waals surface area contributed by atoms with Gasteiger partial charge in [-0.2, -0.15) is 18.3 Å². The normalized spacial score (nSPS) is 13.2. The van der Waals surface area contributed by atoms with Crippen molar-refractivity contribution in [2.75, 3.05) is 29.9 Å². The zero-order chi connectivity index (χ0) is 34.7. The van der Waals surface area contributed by atoms with E-state index in [1.807, 2.05) is 31.4 Å². The number of carbonyl (C=O) groups is 2. The van der Waals surface area contributed by atoms with Gasteiger partial charge in [-0.05, 0) is 72.9 Å². The number of aromatic nitrogens is 1. The van der Waals surface area contributed by atoms with Gasteiger partial charge in [0.05, 0.1) is 38.8 Å². The van der Waals surface area contributed by atoms with Crippen molar-refractivity contribution in [3.05, 3.63) is 110 Å². The van der Waals surface area contributed by atoms with Gasteiger partial charge in [0, 0.05) is 49.2 Å². The quantitative estimate of drug-likeness (QED) is 0.115. The predicted octanol–water partition coefficient (Wildman–Crippen LogP) is 7.97. The lowest BCUT2D eigenvalue weighted by molar-refractivity contribution is -0.137. The predicted molar refractivity (Wildman–Crippen MR) is 185 cm³/mol. The Morgan fingerprint density at radius 2 is 1.81 bits per heavy atom. The van der Waals surface area contributed by atoms with E-state index in [0.717, 1.165) is 72.7 Å². The van der Waals surface area contributed by atoms with Gasteiger partial charge in [-0.15, -0.1) is 11.3 Å². The van der Waals surface area contributed by atoms with E-state index in [4.69, 9.17) is 16.7 Å². The van der Waals surface area contributed by atoms with Gasteiger partial charge in [-0.3, -0.25) is 9.59 Å². The first kappa shape index (κ1) is 36.6. The highest BCUT2D eigenvalue weighted by Gasteiger charge is 2.33. The third-order valence-electron chi connectivity index (χ3n) is 7.40. The van der Waals surface area contributed by atoms with Gasteiger partial charge in [0.2, 0.25) is 0 Å². The number of thiazole rings is 1. The van der Waals surface area contributed by atoms with E-state index >= 15 is 0 Å². The summed E-state index contributed by atoms with van der Waals surface area (Å²) >= 11 is 7.19. The molecule has 2 heterocycles. The summed E-state index contributed by atoms with van der Waals surface area (Å²) in [5.74, 6) is -1.07. The van der Waals surface area contributed by atoms with Gasteiger partial charge in [0.25, 0.3) is 11.8 Å². The van der Waals surface area contributed by atoms with Gasteiger partial charge < -0.3 is 15.3 Å². The summed E-state index contributed by atoms with van der Waals surface area (Å²) in [4.78, 5) is 33.4. The second-order valence-corrected chi connectivity index (χ2v) is 12.1. The molecule has 1 aromatic heterocycles. The van der Waals surface area contributed by atoms with Crippen LogP contribution < -0.4 is 15.6 Å². The molecule has 5 rings (SSSR count). The molecule has 2 amide bonds. The molecule has 48 heavy (non-hydrogen) atoms. The first-order valence-electron chi connectivity index (χ1n) is 15.6. The van der Waals surface area contributed by atoms with Crippen LogP contribution in [0.15, 0.2) is 71.1 Å². The first-order chi connectivity index (χ1) is 23.1. The molecule has 1 aliphatic rings. The molecular formula is C35H37ClF3N5O3S. The number of nitrogens with zero attached hydrogens (tertiary/aromatic N) is 3. The van der Waals surface area contributed by atoms with Crippen molar-refractivity contribution in [3.8, 4) is 0 Å². The second kappa shape index (κ2) is 17.2. The smallest absolute Gasteiger partial charge is 0.396 e. The van der Waals surface area contributed by atoms with Crippen LogP contribution in [0.4, 0.5) is 24.5 Å². The van der Waals surface area contributed by atoms with Crippen molar-refractivity contribution in [1.82, 2.24) is 10.4 Å². The molecule has 0 atom stereocenters. The zero-order valence-electron chi connectivity index (χ0n) is 26.6. The minimum atomic E-state index is -4.64. The number of piperidine rings is 1.